The zero-order valence-electron chi connectivity index (χ0n) is 10.9. The molecule has 0 saturated carbocycles. The fourth-order valence-electron chi connectivity index (χ4n) is 0.995. The molecule has 0 radical (unpaired) electrons. The fraction of sp³-hybridized carbons (Fsp3) is 0.312. The molecule has 92 valence electrons. The minimum Gasteiger partial charge on any atom is -0.293 e. The minimum absolute atomic E-state index is 0.931. The van der Waals surface area contributed by atoms with Crippen molar-refractivity contribution in [2.24, 2.45) is 4.99 Å². The van der Waals surface area contributed by atoms with Crippen LogP contribution in [0.1, 0.15) is 26.7 Å². The van der Waals surface area contributed by atoms with Gasteiger partial charge in [-0.25, -0.2) is 0 Å². The first kappa shape index (κ1) is 15.4. The minimum atomic E-state index is 0.931. The van der Waals surface area contributed by atoms with E-state index < -0.39 is 0 Å². The summed E-state index contributed by atoms with van der Waals surface area (Å²) in [5, 5.41) is 0. The van der Waals surface area contributed by atoms with Crippen molar-refractivity contribution >= 4 is 6.21 Å². The molecule has 0 aromatic carbocycles. The highest BCUT2D eigenvalue weighted by atomic mass is 14.7. The SMILES string of the molecule is C/C=C/C=C/C=C/C=C/C=C/C=NCCCC. The van der Waals surface area contributed by atoms with Crippen LogP contribution in [-0.4, -0.2) is 12.8 Å². The first-order valence-corrected chi connectivity index (χ1v) is 6.19. The molecule has 1 heteroatoms. The number of allylic oxidation sites excluding steroid dienone is 10. The number of unbranched alkanes of at least 4 members (excludes halogenated alkanes) is 1. The van der Waals surface area contributed by atoms with E-state index in [4.69, 9.17) is 0 Å². The van der Waals surface area contributed by atoms with E-state index in [0.29, 0.717) is 0 Å². The molecule has 0 amide bonds. The van der Waals surface area contributed by atoms with Crippen molar-refractivity contribution < 1.29 is 0 Å². The molecule has 0 aliphatic rings. The Morgan fingerprint density at radius 3 is 1.82 bits per heavy atom. The number of nitrogens with zero attached hydrogens (tertiary/aromatic N) is 1. The van der Waals surface area contributed by atoms with Crippen molar-refractivity contribution in [1.29, 1.82) is 0 Å². The Bertz CT molecular complexity index is 314. The van der Waals surface area contributed by atoms with Gasteiger partial charge in [-0.05, 0) is 19.4 Å². The molecular formula is C16H23N. The predicted octanol–water partition coefficient (Wildman–Crippen LogP) is 4.66. The Hall–Kier alpha value is -1.63. The molecule has 0 N–H and O–H groups in total. The van der Waals surface area contributed by atoms with E-state index >= 15 is 0 Å². The molecule has 0 fully saturated rings. The molecule has 0 atom stereocenters. The molecule has 0 aromatic rings. The summed E-state index contributed by atoms with van der Waals surface area (Å²) in [6, 6.07) is 0. The Kier molecular flexibility index (Phi) is 13.0. The van der Waals surface area contributed by atoms with Gasteiger partial charge in [0.05, 0.1) is 0 Å². The lowest BCUT2D eigenvalue weighted by atomic mass is 10.3. The summed E-state index contributed by atoms with van der Waals surface area (Å²) in [6.07, 6.45) is 24.2. The summed E-state index contributed by atoms with van der Waals surface area (Å²) in [6.45, 7) is 5.10. The Morgan fingerprint density at radius 1 is 0.765 bits per heavy atom. The molecule has 0 saturated heterocycles. The fourth-order valence-corrected chi connectivity index (χ4v) is 0.995. The van der Waals surface area contributed by atoms with Crippen LogP contribution in [0.4, 0.5) is 0 Å². The third-order valence-corrected chi connectivity index (χ3v) is 1.91. The van der Waals surface area contributed by atoms with Crippen molar-refractivity contribution in [1.82, 2.24) is 0 Å². The topological polar surface area (TPSA) is 12.4 Å². The van der Waals surface area contributed by atoms with Crippen molar-refractivity contribution in [3.8, 4) is 0 Å². The summed E-state index contributed by atoms with van der Waals surface area (Å²) >= 11 is 0. The summed E-state index contributed by atoms with van der Waals surface area (Å²) in [4.78, 5) is 4.25. The average Bonchev–Trinajstić information content (AvgIpc) is 2.35. The number of hydrogen-bond acceptors (Lipinski definition) is 1. The molecule has 0 heterocycles. The maximum Gasteiger partial charge on any atom is 0.0389 e. The third kappa shape index (κ3) is 14.4. The summed E-state index contributed by atoms with van der Waals surface area (Å²) < 4.78 is 0. The van der Waals surface area contributed by atoms with Crippen LogP contribution < -0.4 is 0 Å². The molecule has 0 unspecified atom stereocenters. The summed E-state index contributed by atoms with van der Waals surface area (Å²) in [5.74, 6) is 0. The van der Waals surface area contributed by atoms with Gasteiger partial charge >= 0.3 is 0 Å². The van der Waals surface area contributed by atoms with E-state index in [1.54, 1.807) is 0 Å². The van der Waals surface area contributed by atoms with Crippen LogP contribution in [0, 0.1) is 0 Å². The number of aliphatic imine (C=N–C) groups is 1. The Morgan fingerprint density at radius 2 is 1.29 bits per heavy atom. The lowest BCUT2D eigenvalue weighted by Crippen LogP contribution is -1.77. The second-order valence-electron chi connectivity index (χ2n) is 3.47. The van der Waals surface area contributed by atoms with E-state index in [2.05, 4.69) is 11.9 Å². The van der Waals surface area contributed by atoms with Crippen molar-refractivity contribution in [3.63, 3.8) is 0 Å². The van der Waals surface area contributed by atoms with Crippen LogP contribution in [0.3, 0.4) is 0 Å². The van der Waals surface area contributed by atoms with Crippen molar-refractivity contribution in [2.45, 2.75) is 26.7 Å². The zero-order chi connectivity index (χ0) is 12.6. The van der Waals surface area contributed by atoms with Gasteiger partial charge in [0.15, 0.2) is 0 Å². The molecular weight excluding hydrogens is 206 g/mol. The second-order valence-corrected chi connectivity index (χ2v) is 3.47. The molecule has 1 nitrogen and oxygen atoms in total. The van der Waals surface area contributed by atoms with Gasteiger partial charge < -0.3 is 0 Å². The molecule has 0 aromatic heterocycles. The van der Waals surface area contributed by atoms with Gasteiger partial charge in [0, 0.05) is 12.8 Å². The highest BCUT2D eigenvalue weighted by Gasteiger charge is 1.74. The molecule has 17 heavy (non-hydrogen) atoms. The molecule has 0 spiro atoms. The first-order chi connectivity index (χ1) is 8.41. The quantitative estimate of drug-likeness (QED) is 0.326. The Labute approximate surface area is 106 Å². The van der Waals surface area contributed by atoms with Gasteiger partial charge in [-0.2, -0.15) is 0 Å². The summed E-state index contributed by atoms with van der Waals surface area (Å²) in [5.41, 5.74) is 0. The smallest absolute Gasteiger partial charge is 0.0389 e. The van der Waals surface area contributed by atoms with E-state index in [1.165, 1.54) is 12.8 Å². The predicted molar refractivity (Wildman–Crippen MR) is 79.6 cm³/mol. The molecule has 0 rings (SSSR count). The highest BCUT2D eigenvalue weighted by Crippen LogP contribution is 1.86. The van der Waals surface area contributed by atoms with E-state index in [9.17, 15) is 0 Å². The normalized spacial score (nSPS) is 13.8. The van der Waals surface area contributed by atoms with Crippen LogP contribution in [0.15, 0.2) is 65.8 Å². The molecule has 0 aliphatic heterocycles. The van der Waals surface area contributed by atoms with Crippen LogP contribution in [0.2, 0.25) is 0 Å². The zero-order valence-corrected chi connectivity index (χ0v) is 10.9. The number of hydrogen-bond donors (Lipinski definition) is 0. The standard InChI is InChI=1S/C16H23N/c1-3-5-7-8-9-10-11-12-13-14-16-17-15-6-4-2/h3,5,7-14,16H,4,6,15H2,1-2H3/b5-3+,8-7+,10-9+,12-11+,14-13+,17-16?. The van der Waals surface area contributed by atoms with Gasteiger partial charge in [-0.15, -0.1) is 0 Å². The average molecular weight is 229 g/mol. The van der Waals surface area contributed by atoms with Crippen LogP contribution >= 0.6 is 0 Å². The second kappa shape index (κ2) is 14.4. The number of rotatable bonds is 8. The van der Waals surface area contributed by atoms with Gasteiger partial charge in [0.2, 0.25) is 0 Å². The van der Waals surface area contributed by atoms with Gasteiger partial charge in [-0.3, -0.25) is 4.99 Å². The van der Waals surface area contributed by atoms with E-state index in [-0.39, 0.29) is 0 Å². The first-order valence-electron chi connectivity index (χ1n) is 6.19. The van der Waals surface area contributed by atoms with Crippen molar-refractivity contribution in [2.75, 3.05) is 6.54 Å². The van der Waals surface area contributed by atoms with E-state index in [1.807, 2.05) is 73.9 Å². The highest BCUT2D eigenvalue weighted by molar-refractivity contribution is 5.71. The lowest BCUT2D eigenvalue weighted by Gasteiger charge is -1.85. The van der Waals surface area contributed by atoms with Gasteiger partial charge in [-0.1, -0.05) is 68.0 Å². The largest absolute Gasteiger partial charge is 0.293 e. The van der Waals surface area contributed by atoms with Crippen molar-refractivity contribution in [3.05, 3.63) is 60.8 Å². The van der Waals surface area contributed by atoms with Crippen LogP contribution in [0.5, 0.6) is 0 Å². The molecule has 0 aliphatic carbocycles. The molecule has 0 bridgehead atoms. The summed E-state index contributed by atoms with van der Waals surface area (Å²) in [7, 11) is 0. The van der Waals surface area contributed by atoms with Crippen LogP contribution in [0.25, 0.3) is 0 Å². The van der Waals surface area contributed by atoms with E-state index in [0.717, 1.165) is 6.54 Å². The maximum absolute atomic E-state index is 4.25. The maximum atomic E-state index is 4.25. The van der Waals surface area contributed by atoms with Gasteiger partial charge in [0.1, 0.15) is 0 Å². The van der Waals surface area contributed by atoms with Gasteiger partial charge in [0.25, 0.3) is 0 Å². The third-order valence-electron chi connectivity index (χ3n) is 1.91. The lowest BCUT2D eigenvalue weighted by molar-refractivity contribution is 0.810. The monoisotopic (exact) mass is 229 g/mol. The van der Waals surface area contributed by atoms with Crippen LogP contribution in [-0.2, 0) is 0 Å². The Balaban J connectivity index is 3.65.